The van der Waals surface area contributed by atoms with Crippen molar-refractivity contribution in [2.24, 2.45) is 0 Å². The van der Waals surface area contributed by atoms with Crippen LogP contribution in [-0.4, -0.2) is 16.5 Å². The smallest absolute Gasteiger partial charge is 0.0921 e. The second kappa shape index (κ2) is 5.29. The number of nitrogens with one attached hydrogen (secondary N) is 2. The van der Waals surface area contributed by atoms with Gasteiger partial charge >= 0.3 is 0 Å². The maximum atomic E-state index is 5.92. The maximum Gasteiger partial charge on any atom is 0.0921 e. The first-order chi connectivity index (χ1) is 8.16. The van der Waals surface area contributed by atoms with Crippen molar-refractivity contribution in [1.82, 2.24) is 9.97 Å². The molecule has 0 unspecified atom stereocenters. The Morgan fingerprint density at radius 3 is 2.76 bits per heavy atom. The fourth-order valence-electron chi connectivity index (χ4n) is 1.47. The van der Waals surface area contributed by atoms with Crippen LogP contribution >= 0.6 is 23.2 Å². The number of benzene rings is 1. The van der Waals surface area contributed by atoms with Crippen molar-refractivity contribution in [3.05, 3.63) is 40.4 Å². The number of hydrogen-bond acceptors (Lipinski definition) is 3. The second-order valence-corrected chi connectivity index (χ2v) is 4.42. The fourth-order valence-corrected chi connectivity index (χ4v) is 1.80. The number of halogens is 2. The third-order valence-corrected chi connectivity index (χ3v) is 3.08. The SMILES string of the molecule is Nc1cc(Cl)c(Cl)cc1NCCc1cnc[nH]1. The van der Waals surface area contributed by atoms with Crippen molar-refractivity contribution < 1.29 is 0 Å². The molecule has 1 heterocycles. The van der Waals surface area contributed by atoms with Crippen LogP contribution in [0.4, 0.5) is 11.4 Å². The van der Waals surface area contributed by atoms with Crippen LogP contribution in [0.5, 0.6) is 0 Å². The summed E-state index contributed by atoms with van der Waals surface area (Å²) in [5.41, 5.74) is 8.27. The van der Waals surface area contributed by atoms with E-state index in [2.05, 4.69) is 15.3 Å². The molecule has 17 heavy (non-hydrogen) atoms. The average molecular weight is 271 g/mol. The molecule has 0 aliphatic carbocycles. The monoisotopic (exact) mass is 270 g/mol. The largest absolute Gasteiger partial charge is 0.397 e. The Bertz CT molecular complexity index is 496. The maximum absolute atomic E-state index is 5.92. The lowest BCUT2D eigenvalue weighted by Crippen LogP contribution is -2.07. The molecule has 90 valence electrons. The number of nitrogens with two attached hydrogens (primary N) is 1. The van der Waals surface area contributed by atoms with Gasteiger partial charge in [0.25, 0.3) is 0 Å². The van der Waals surface area contributed by atoms with Crippen molar-refractivity contribution in [2.45, 2.75) is 6.42 Å². The molecule has 0 aliphatic heterocycles. The molecule has 2 rings (SSSR count). The molecular weight excluding hydrogens is 259 g/mol. The van der Waals surface area contributed by atoms with Gasteiger partial charge in [0, 0.05) is 24.9 Å². The first-order valence-electron chi connectivity index (χ1n) is 5.12. The van der Waals surface area contributed by atoms with Crippen LogP contribution in [0.1, 0.15) is 5.69 Å². The van der Waals surface area contributed by atoms with Gasteiger partial charge in [0.05, 0.1) is 27.7 Å². The summed E-state index contributed by atoms with van der Waals surface area (Å²) in [5.74, 6) is 0. The van der Waals surface area contributed by atoms with Crippen LogP contribution in [0.3, 0.4) is 0 Å². The van der Waals surface area contributed by atoms with Crippen molar-refractivity contribution in [3.8, 4) is 0 Å². The van der Waals surface area contributed by atoms with Gasteiger partial charge in [0.15, 0.2) is 0 Å². The Balaban J connectivity index is 1.97. The second-order valence-electron chi connectivity index (χ2n) is 3.61. The average Bonchev–Trinajstić information content (AvgIpc) is 2.78. The Morgan fingerprint density at radius 1 is 1.29 bits per heavy atom. The van der Waals surface area contributed by atoms with E-state index < -0.39 is 0 Å². The van der Waals surface area contributed by atoms with E-state index in [1.165, 1.54) is 0 Å². The van der Waals surface area contributed by atoms with Gasteiger partial charge < -0.3 is 16.0 Å². The van der Waals surface area contributed by atoms with Gasteiger partial charge in [-0.15, -0.1) is 0 Å². The van der Waals surface area contributed by atoms with Crippen LogP contribution in [-0.2, 0) is 6.42 Å². The van der Waals surface area contributed by atoms with E-state index in [0.29, 0.717) is 15.7 Å². The van der Waals surface area contributed by atoms with Crippen molar-refractivity contribution in [2.75, 3.05) is 17.6 Å². The highest BCUT2D eigenvalue weighted by Gasteiger charge is 2.04. The van der Waals surface area contributed by atoms with Gasteiger partial charge in [-0.3, -0.25) is 0 Å². The van der Waals surface area contributed by atoms with Crippen molar-refractivity contribution in [1.29, 1.82) is 0 Å². The normalized spacial score (nSPS) is 10.5. The van der Waals surface area contributed by atoms with E-state index >= 15 is 0 Å². The standard InChI is InChI=1S/C11H12Cl2N4/c12-8-3-10(14)11(4-9(8)13)16-2-1-7-5-15-6-17-7/h3-6,16H,1-2,14H2,(H,15,17). The number of aromatic nitrogens is 2. The van der Waals surface area contributed by atoms with Crippen LogP contribution in [0.15, 0.2) is 24.7 Å². The molecule has 1 aromatic heterocycles. The summed E-state index contributed by atoms with van der Waals surface area (Å²) in [5, 5.41) is 4.16. The Morgan fingerprint density at radius 2 is 2.06 bits per heavy atom. The third kappa shape index (κ3) is 3.05. The van der Waals surface area contributed by atoms with E-state index in [1.54, 1.807) is 24.7 Å². The predicted molar refractivity (Wildman–Crippen MR) is 71.7 cm³/mol. The van der Waals surface area contributed by atoms with Crippen molar-refractivity contribution >= 4 is 34.6 Å². The molecule has 6 heteroatoms. The molecule has 0 bridgehead atoms. The zero-order valence-corrected chi connectivity index (χ0v) is 10.5. The molecule has 0 fully saturated rings. The summed E-state index contributed by atoms with van der Waals surface area (Å²) in [6.45, 7) is 0.740. The molecule has 0 spiro atoms. The number of nitrogen functional groups attached to an aromatic ring is 1. The first-order valence-corrected chi connectivity index (χ1v) is 5.88. The van der Waals surface area contributed by atoms with E-state index in [9.17, 15) is 0 Å². The van der Waals surface area contributed by atoms with Crippen LogP contribution in [0.2, 0.25) is 10.0 Å². The van der Waals surface area contributed by atoms with E-state index in [4.69, 9.17) is 28.9 Å². The quantitative estimate of drug-likeness (QED) is 0.749. The minimum atomic E-state index is 0.461. The molecule has 0 atom stereocenters. The van der Waals surface area contributed by atoms with Gasteiger partial charge in [0.2, 0.25) is 0 Å². The Labute approximate surface area is 109 Å². The zero-order chi connectivity index (χ0) is 12.3. The summed E-state index contributed by atoms with van der Waals surface area (Å²) in [6, 6.07) is 3.37. The van der Waals surface area contributed by atoms with Crippen LogP contribution in [0.25, 0.3) is 0 Å². The molecule has 4 N–H and O–H groups in total. The zero-order valence-electron chi connectivity index (χ0n) is 9.00. The summed E-state index contributed by atoms with van der Waals surface area (Å²) < 4.78 is 0. The van der Waals surface area contributed by atoms with E-state index in [1.807, 2.05) is 0 Å². The summed E-state index contributed by atoms with van der Waals surface area (Å²) in [7, 11) is 0. The minimum Gasteiger partial charge on any atom is -0.397 e. The highest BCUT2D eigenvalue weighted by atomic mass is 35.5. The number of aromatic amines is 1. The number of imidazole rings is 1. The summed E-state index contributed by atoms with van der Waals surface area (Å²) in [4.78, 5) is 6.97. The highest BCUT2D eigenvalue weighted by Crippen LogP contribution is 2.30. The lowest BCUT2D eigenvalue weighted by atomic mass is 10.2. The fraction of sp³-hybridized carbons (Fsp3) is 0.182. The lowest BCUT2D eigenvalue weighted by Gasteiger charge is -2.10. The number of anilines is 2. The van der Waals surface area contributed by atoms with Gasteiger partial charge in [-0.05, 0) is 12.1 Å². The molecule has 0 amide bonds. The van der Waals surface area contributed by atoms with Gasteiger partial charge in [0.1, 0.15) is 0 Å². The third-order valence-electron chi connectivity index (χ3n) is 2.36. The summed E-state index contributed by atoms with van der Waals surface area (Å²) >= 11 is 11.8. The lowest BCUT2D eigenvalue weighted by molar-refractivity contribution is 0.977. The Hall–Kier alpha value is -1.39. The molecule has 4 nitrogen and oxygen atoms in total. The van der Waals surface area contributed by atoms with Crippen LogP contribution < -0.4 is 11.1 Å². The molecule has 0 saturated heterocycles. The topological polar surface area (TPSA) is 66.7 Å². The number of H-pyrrole nitrogens is 1. The van der Waals surface area contributed by atoms with Gasteiger partial charge in [-0.2, -0.15) is 0 Å². The number of hydrogen-bond donors (Lipinski definition) is 3. The van der Waals surface area contributed by atoms with Crippen molar-refractivity contribution in [3.63, 3.8) is 0 Å². The van der Waals surface area contributed by atoms with E-state index in [0.717, 1.165) is 24.3 Å². The molecular formula is C11H12Cl2N4. The van der Waals surface area contributed by atoms with Gasteiger partial charge in [-0.25, -0.2) is 4.98 Å². The van der Waals surface area contributed by atoms with E-state index in [-0.39, 0.29) is 0 Å². The van der Waals surface area contributed by atoms with Gasteiger partial charge in [-0.1, -0.05) is 23.2 Å². The molecule has 2 aromatic rings. The Kier molecular flexibility index (Phi) is 3.76. The first kappa shape index (κ1) is 12.1. The minimum absolute atomic E-state index is 0.461. The molecule has 0 radical (unpaired) electrons. The molecule has 1 aromatic carbocycles. The predicted octanol–water partition coefficient (Wildman–Crippen LogP) is 2.95. The van der Waals surface area contributed by atoms with Crippen LogP contribution in [0, 0.1) is 0 Å². The highest BCUT2D eigenvalue weighted by molar-refractivity contribution is 6.42. The molecule has 0 saturated carbocycles. The number of rotatable bonds is 4. The number of nitrogens with zero attached hydrogens (tertiary/aromatic N) is 1. The molecule has 0 aliphatic rings. The summed E-state index contributed by atoms with van der Waals surface area (Å²) in [6.07, 6.45) is 4.28.